The molecule has 1 fully saturated rings. The van der Waals surface area contributed by atoms with Gasteiger partial charge in [0, 0.05) is 6.04 Å². The number of benzene rings is 1. The van der Waals surface area contributed by atoms with Gasteiger partial charge in [0.05, 0.1) is 20.8 Å². The Morgan fingerprint density at radius 3 is 2.55 bits per heavy atom. The van der Waals surface area contributed by atoms with Crippen LogP contribution in [0.2, 0.25) is 0 Å². The summed E-state index contributed by atoms with van der Waals surface area (Å²) in [5.74, 6) is 2.34. The van der Waals surface area contributed by atoms with Crippen molar-refractivity contribution in [2.75, 3.05) is 14.2 Å². The second-order valence-corrected chi connectivity index (χ2v) is 4.71. The van der Waals surface area contributed by atoms with Crippen molar-refractivity contribution in [2.45, 2.75) is 25.4 Å². The summed E-state index contributed by atoms with van der Waals surface area (Å²) in [6.45, 7) is 0.617. The van der Waals surface area contributed by atoms with Crippen molar-refractivity contribution in [1.29, 1.82) is 0 Å². The summed E-state index contributed by atoms with van der Waals surface area (Å²) in [5.41, 5.74) is 0.683. The number of hydrogen-bond acceptors (Lipinski definition) is 6. The van der Waals surface area contributed by atoms with E-state index in [-0.39, 0.29) is 0 Å². The number of aromatic nitrogens is 2. The lowest BCUT2D eigenvalue weighted by Gasteiger charge is -2.09. The maximum Gasteiger partial charge on any atom is 0.265 e. The standard InChI is InChI=1S/C14H17N3O3/c1-18-10-4-3-5-11(19-2)13(10)14-16-12(17-20-14)8-15-9-6-7-9/h3-5,9,15H,6-8H2,1-2H3. The molecule has 1 aromatic carbocycles. The first-order chi connectivity index (χ1) is 9.81. The molecule has 1 aliphatic carbocycles. The van der Waals surface area contributed by atoms with Crippen LogP contribution < -0.4 is 14.8 Å². The molecule has 0 aliphatic heterocycles. The highest BCUT2D eigenvalue weighted by Gasteiger charge is 2.22. The zero-order chi connectivity index (χ0) is 13.9. The number of ether oxygens (including phenoxy) is 2. The van der Waals surface area contributed by atoms with Crippen LogP contribution in [0.25, 0.3) is 11.5 Å². The fourth-order valence-electron chi connectivity index (χ4n) is 2.01. The number of methoxy groups -OCH3 is 2. The Balaban J connectivity index is 1.87. The van der Waals surface area contributed by atoms with Crippen molar-refractivity contribution in [3.8, 4) is 23.0 Å². The molecule has 1 saturated carbocycles. The van der Waals surface area contributed by atoms with Crippen LogP contribution in [0.5, 0.6) is 11.5 Å². The van der Waals surface area contributed by atoms with Crippen LogP contribution in [0.1, 0.15) is 18.7 Å². The van der Waals surface area contributed by atoms with Gasteiger partial charge in [-0.15, -0.1) is 0 Å². The zero-order valence-corrected chi connectivity index (χ0v) is 11.5. The van der Waals surface area contributed by atoms with E-state index >= 15 is 0 Å². The second-order valence-electron chi connectivity index (χ2n) is 4.71. The Labute approximate surface area is 117 Å². The third kappa shape index (κ3) is 2.60. The Hall–Kier alpha value is -2.08. The minimum absolute atomic E-state index is 0.409. The quantitative estimate of drug-likeness (QED) is 0.869. The Bertz CT molecular complexity index is 571. The van der Waals surface area contributed by atoms with Crippen LogP contribution in [0, 0.1) is 0 Å². The molecule has 0 saturated heterocycles. The van der Waals surface area contributed by atoms with E-state index in [9.17, 15) is 0 Å². The highest BCUT2D eigenvalue weighted by atomic mass is 16.5. The molecule has 0 atom stereocenters. The van der Waals surface area contributed by atoms with E-state index in [1.807, 2.05) is 18.2 Å². The molecule has 0 unspecified atom stereocenters. The van der Waals surface area contributed by atoms with Gasteiger partial charge in [0.15, 0.2) is 5.82 Å². The maximum absolute atomic E-state index is 5.34. The second kappa shape index (κ2) is 5.50. The van der Waals surface area contributed by atoms with Crippen LogP contribution in [-0.4, -0.2) is 30.4 Å². The monoisotopic (exact) mass is 275 g/mol. The molecule has 1 aliphatic rings. The summed E-state index contributed by atoms with van der Waals surface area (Å²) in [6.07, 6.45) is 2.45. The van der Waals surface area contributed by atoms with Crippen molar-refractivity contribution >= 4 is 0 Å². The zero-order valence-electron chi connectivity index (χ0n) is 11.5. The molecular weight excluding hydrogens is 258 g/mol. The van der Waals surface area contributed by atoms with Gasteiger partial charge in [-0.05, 0) is 25.0 Å². The lowest BCUT2D eigenvalue weighted by molar-refractivity contribution is 0.384. The number of rotatable bonds is 6. The maximum atomic E-state index is 5.34. The molecule has 6 heteroatoms. The average molecular weight is 275 g/mol. The summed E-state index contributed by atoms with van der Waals surface area (Å²) in [6, 6.07) is 6.14. The van der Waals surface area contributed by atoms with Gasteiger partial charge in [0.2, 0.25) is 0 Å². The predicted octanol–water partition coefficient (Wildman–Crippen LogP) is 2.01. The van der Waals surface area contributed by atoms with Gasteiger partial charge in [-0.25, -0.2) is 0 Å². The molecule has 0 bridgehead atoms. The van der Waals surface area contributed by atoms with Gasteiger partial charge in [-0.3, -0.25) is 0 Å². The van der Waals surface area contributed by atoms with E-state index < -0.39 is 0 Å². The summed E-state index contributed by atoms with van der Waals surface area (Å²) in [5, 5.41) is 7.33. The predicted molar refractivity (Wildman–Crippen MR) is 72.7 cm³/mol. The number of hydrogen-bond donors (Lipinski definition) is 1. The van der Waals surface area contributed by atoms with E-state index in [2.05, 4.69) is 15.5 Å². The van der Waals surface area contributed by atoms with Gasteiger partial charge in [0.25, 0.3) is 5.89 Å². The highest BCUT2D eigenvalue weighted by Crippen LogP contribution is 2.37. The summed E-state index contributed by atoms with van der Waals surface area (Å²) < 4.78 is 16.0. The lowest BCUT2D eigenvalue weighted by atomic mass is 10.1. The van der Waals surface area contributed by atoms with Gasteiger partial charge in [0.1, 0.15) is 17.1 Å². The van der Waals surface area contributed by atoms with Crippen molar-refractivity contribution < 1.29 is 14.0 Å². The van der Waals surface area contributed by atoms with Crippen LogP contribution >= 0.6 is 0 Å². The SMILES string of the molecule is COc1cccc(OC)c1-c1nc(CNC2CC2)no1. The Morgan fingerprint density at radius 2 is 1.95 bits per heavy atom. The molecular formula is C14H17N3O3. The fourth-order valence-corrected chi connectivity index (χ4v) is 2.01. The molecule has 1 N–H and O–H groups in total. The first-order valence-corrected chi connectivity index (χ1v) is 6.59. The van der Waals surface area contributed by atoms with E-state index in [1.165, 1.54) is 12.8 Å². The van der Waals surface area contributed by atoms with E-state index in [0.29, 0.717) is 41.4 Å². The van der Waals surface area contributed by atoms with E-state index in [1.54, 1.807) is 14.2 Å². The number of nitrogens with one attached hydrogen (secondary N) is 1. The molecule has 3 rings (SSSR count). The molecule has 0 spiro atoms. The third-order valence-electron chi connectivity index (χ3n) is 3.24. The molecule has 2 aromatic rings. The smallest absolute Gasteiger partial charge is 0.265 e. The fraction of sp³-hybridized carbons (Fsp3) is 0.429. The normalized spacial score (nSPS) is 14.3. The molecule has 0 amide bonds. The summed E-state index contributed by atoms with van der Waals surface area (Å²) in [4.78, 5) is 4.40. The lowest BCUT2D eigenvalue weighted by Crippen LogP contribution is -2.16. The van der Waals surface area contributed by atoms with Gasteiger partial charge in [-0.2, -0.15) is 4.98 Å². The Kier molecular flexibility index (Phi) is 3.56. The molecule has 1 aromatic heterocycles. The van der Waals surface area contributed by atoms with Crippen LogP contribution in [0.3, 0.4) is 0 Å². The van der Waals surface area contributed by atoms with Crippen LogP contribution in [0.15, 0.2) is 22.7 Å². The van der Waals surface area contributed by atoms with E-state index in [4.69, 9.17) is 14.0 Å². The minimum Gasteiger partial charge on any atom is -0.496 e. The summed E-state index contributed by atoms with van der Waals surface area (Å²) in [7, 11) is 3.20. The molecule has 1 heterocycles. The topological polar surface area (TPSA) is 69.4 Å². The minimum atomic E-state index is 0.409. The third-order valence-corrected chi connectivity index (χ3v) is 3.24. The highest BCUT2D eigenvalue weighted by molar-refractivity contribution is 5.70. The first-order valence-electron chi connectivity index (χ1n) is 6.59. The largest absolute Gasteiger partial charge is 0.496 e. The van der Waals surface area contributed by atoms with Crippen LogP contribution in [-0.2, 0) is 6.54 Å². The number of nitrogens with zero attached hydrogens (tertiary/aromatic N) is 2. The van der Waals surface area contributed by atoms with Crippen molar-refractivity contribution in [3.63, 3.8) is 0 Å². The van der Waals surface area contributed by atoms with Gasteiger partial charge in [-0.1, -0.05) is 11.2 Å². The molecule has 0 radical (unpaired) electrons. The van der Waals surface area contributed by atoms with Crippen LogP contribution in [0.4, 0.5) is 0 Å². The Morgan fingerprint density at radius 1 is 1.25 bits per heavy atom. The molecule has 106 valence electrons. The first kappa shape index (κ1) is 12.9. The average Bonchev–Trinajstić information content (AvgIpc) is 3.21. The van der Waals surface area contributed by atoms with E-state index in [0.717, 1.165) is 0 Å². The van der Waals surface area contributed by atoms with Crippen molar-refractivity contribution in [2.24, 2.45) is 0 Å². The van der Waals surface area contributed by atoms with Crippen molar-refractivity contribution in [3.05, 3.63) is 24.0 Å². The van der Waals surface area contributed by atoms with Gasteiger partial charge >= 0.3 is 0 Å². The van der Waals surface area contributed by atoms with Crippen molar-refractivity contribution in [1.82, 2.24) is 15.5 Å². The molecule has 20 heavy (non-hydrogen) atoms. The molecule has 6 nitrogen and oxygen atoms in total. The summed E-state index contributed by atoms with van der Waals surface area (Å²) >= 11 is 0. The van der Waals surface area contributed by atoms with Gasteiger partial charge < -0.3 is 19.3 Å².